The van der Waals surface area contributed by atoms with Gasteiger partial charge in [-0.3, -0.25) is 4.79 Å². The van der Waals surface area contributed by atoms with Crippen molar-refractivity contribution in [3.8, 4) is 5.75 Å². The zero-order valence-corrected chi connectivity index (χ0v) is 15.3. The summed E-state index contributed by atoms with van der Waals surface area (Å²) in [4.78, 5) is 12.2. The lowest BCUT2D eigenvalue weighted by molar-refractivity contribution is -0.121. The third-order valence-corrected chi connectivity index (χ3v) is 4.04. The molecule has 2 aromatic carbocycles. The molecule has 0 fully saturated rings. The Labute approximate surface area is 153 Å². The molecule has 0 unspecified atom stereocenters. The smallest absolute Gasteiger partial charge is 0.262 e. The summed E-state index contributed by atoms with van der Waals surface area (Å²) in [5.41, 5.74) is 3.74. The van der Waals surface area contributed by atoms with Crippen LogP contribution in [0.4, 0.5) is 5.69 Å². The first-order valence-corrected chi connectivity index (χ1v) is 8.50. The van der Waals surface area contributed by atoms with Crippen LogP contribution < -0.4 is 10.7 Å². The molecular formula is C17H17BrClN3O2. The second kappa shape index (κ2) is 8.70. The minimum absolute atomic E-state index is 0.0393. The minimum Gasteiger partial charge on any atom is -0.507 e. The maximum Gasteiger partial charge on any atom is 0.262 e. The van der Waals surface area contributed by atoms with Crippen molar-refractivity contribution in [2.75, 3.05) is 5.32 Å². The highest BCUT2D eigenvalue weighted by atomic mass is 79.9. The lowest BCUT2D eigenvalue weighted by Crippen LogP contribution is -2.36. The van der Waals surface area contributed by atoms with Crippen molar-refractivity contribution in [2.24, 2.45) is 5.10 Å². The van der Waals surface area contributed by atoms with E-state index in [0.717, 1.165) is 10.2 Å². The van der Waals surface area contributed by atoms with Crippen LogP contribution in [0, 0.1) is 0 Å². The lowest BCUT2D eigenvalue weighted by Gasteiger charge is -2.16. The third-order valence-electron chi connectivity index (χ3n) is 3.28. The molecule has 0 aromatic heterocycles. The lowest BCUT2D eigenvalue weighted by atomic mass is 10.2. The van der Waals surface area contributed by atoms with Crippen LogP contribution in [0.3, 0.4) is 0 Å². The van der Waals surface area contributed by atoms with Crippen LogP contribution in [0.15, 0.2) is 52.0 Å². The Morgan fingerprint density at radius 2 is 2.04 bits per heavy atom. The fraction of sp³-hybridized carbons (Fsp3) is 0.176. The number of anilines is 1. The Hall–Kier alpha value is -2.05. The molecule has 0 spiro atoms. The second-order valence-electron chi connectivity index (χ2n) is 5.05. The average Bonchev–Trinajstić information content (AvgIpc) is 2.57. The molecule has 0 bridgehead atoms. The number of nitrogens with zero attached hydrogens (tertiary/aromatic N) is 1. The molecule has 0 heterocycles. The van der Waals surface area contributed by atoms with E-state index in [1.165, 1.54) is 12.3 Å². The molecule has 0 saturated heterocycles. The van der Waals surface area contributed by atoms with E-state index in [-0.39, 0.29) is 11.7 Å². The number of hydrogen-bond donors (Lipinski definition) is 3. The third kappa shape index (κ3) is 5.25. The second-order valence-corrected chi connectivity index (χ2v) is 6.40. The molecule has 2 rings (SSSR count). The van der Waals surface area contributed by atoms with E-state index in [9.17, 15) is 9.90 Å². The van der Waals surface area contributed by atoms with E-state index in [2.05, 4.69) is 31.8 Å². The largest absolute Gasteiger partial charge is 0.507 e. The van der Waals surface area contributed by atoms with Gasteiger partial charge in [0.2, 0.25) is 0 Å². The maximum absolute atomic E-state index is 12.2. The monoisotopic (exact) mass is 409 g/mol. The molecule has 126 valence electrons. The zero-order chi connectivity index (χ0) is 17.5. The van der Waals surface area contributed by atoms with E-state index in [4.69, 9.17) is 11.6 Å². The van der Waals surface area contributed by atoms with Crippen LogP contribution in [0.25, 0.3) is 0 Å². The summed E-state index contributed by atoms with van der Waals surface area (Å²) in [6.07, 6.45) is 1.95. The maximum atomic E-state index is 12.2. The predicted octanol–water partition coefficient (Wildman–Crippen LogP) is 4.15. The number of hydrazone groups is 1. The van der Waals surface area contributed by atoms with Gasteiger partial charge in [0, 0.05) is 20.7 Å². The van der Waals surface area contributed by atoms with Crippen LogP contribution in [-0.4, -0.2) is 23.3 Å². The quantitative estimate of drug-likeness (QED) is 0.495. The summed E-state index contributed by atoms with van der Waals surface area (Å²) < 4.78 is 0.969. The molecule has 5 nitrogen and oxygen atoms in total. The number of aromatic hydroxyl groups is 1. The number of nitrogens with one attached hydrogen (secondary N) is 2. The van der Waals surface area contributed by atoms with Crippen molar-refractivity contribution >= 4 is 45.3 Å². The van der Waals surface area contributed by atoms with Crippen molar-refractivity contribution in [2.45, 2.75) is 19.4 Å². The van der Waals surface area contributed by atoms with Gasteiger partial charge in [0.25, 0.3) is 5.91 Å². The van der Waals surface area contributed by atoms with Gasteiger partial charge in [0.1, 0.15) is 11.8 Å². The van der Waals surface area contributed by atoms with E-state index >= 15 is 0 Å². The number of phenols is 1. The van der Waals surface area contributed by atoms with Gasteiger partial charge in [0.15, 0.2) is 0 Å². The van der Waals surface area contributed by atoms with Gasteiger partial charge in [-0.1, -0.05) is 34.5 Å². The van der Waals surface area contributed by atoms with E-state index in [1.807, 2.05) is 31.2 Å². The summed E-state index contributed by atoms with van der Waals surface area (Å²) in [5.74, 6) is -0.226. The molecular weight excluding hydrogens is 394 g/mol. The number of carbonyl (C=O) groups is 1. The standard InChI is InChI=1S/C17H17BrClN3O2/c1-2-15(21-14-6-3-12(18)4-7-14)17(24)22-20-10-11-9-13(19)5-8-16(11)23/h3-10,15,21,23H,2H2,1H3,(H,22,24)/b20-10+/t15-/m1/s1. The Balaban J connectivity index is 1.97. The Bertz CT molecular complexity index is 735. The SMILES string of the molecule is CC[C@@H](Nc1ccc(Br)cc1)C(=O)N/N=C/c1cc(Cl)ccc1O. The number of carbonyl (C=O) groups excluding carboxylic acids is 1. The Morgan fingerprint density at radius 3 is 2.71 bits per heavy atom. The summed E-state index contributed by atoms with van der Waals surface area (Å²) in [7, 11) is 0. The molecule has 0 radical (unpaired) electrons. The minimum atomic E-state index is -0.420. The highest BCUT2D eigenvalue weighted by Gasteiger charge is 2.15. The number of benzene rings is 2. The van der Waals surface area contributed by atoms with E-state index < -0.39 is 6.04 Å². The number of hydrogen-bond acceptors (Lipinski definition) is 4. The van der Waals surface area contributed by atoms with Crippen LogP contribution in [-0.2, 0) is 4.79 Å². The van der Waals surface area contributed by atoms with Crippen LogP contribution in [0.5, 0.6) is 5.75 Å². The van der Waals surface area contributed by atoms with Crippen molar-refractivity contribution in [3.63, 3.8) is 0 Å². The fourth-order valence-corrected chi connectivity index (χ4v) is 2.42. The van der Waals surface area contributed by atoms with Crippen LogP contribution in [0.1, 0.15) is 18.9 Å². The summed E-state index contributed by atoms with van der Waals surface area (Å²) in [5, 5.41) is 17.2. The van der Waals surface area contributed by atoms with Gasteiger partial charge >= 0.3 is 0 Å². The molecule has 0 aliphatic rings. The van der Waals surface area contributed by atoms with Gasteiger partial charge in [-0.2, -0.15) is 5.10 Å². The summed E-state index contributed by atoms with van der Waals surface area (Å²) >= 11 is 9.23. The molecule has 2 aromatic rings. The Kier molecular flexibility index (Phi) is 6.63. The van der Waals surface area contributed by atoms with Gasteiger partial charge < -0.3 is 10.4 Å². The number of phenolic OH excluding ortho intramolecular Hbond substituents is 1. The molecule has 24 heavy (non-hydrogen) atoms. The van der Waals surface area contributed by atoms with Crippen molar-refractivity contribution < 1.29 is 9.90 Å². The first-order valence-electron chi connectivity index (χ1n) is 7.33. The van der Waals surface area contributed by atoms with Gasteiger partial charge in [-0.15, -0.1) is 0 Å². The zero-order valence-electron chi connectivity index (χ0n) is 13.0. The van der Waals surface area contributed by atoms with Crippen LogP contribution >= 0.6 is 27.5 Å². The average molecular weight is 411 g/mol. The fourth-order valence-electron chi connectivity index (χ4n) is 1.97. The van der Waals surface area contributed by atoms with Crippen molar-refractivity contribution in [3.05, 3.63) is 57.5 Å². The highest BCUT2D eigenvalue weighted by molar-refractivity contribution is 9.10. The van der Waals surface area contributed by atoms with Gasteiger partial charge in [-0.25, -0.2) is 5.43 Å². The van der Waals surface area contributed by atoms with Gasteiger partial charge in [-0.05, 0) is 48.9 Å². The number of rotatable bonds is 6. The molecule has 0 aliphatic heterocycles. The van der Waals surface area contributed by atoms with E-state index in [1.54, 1.807) is 12.1 Å². The first kappa shape index (κ1) is 18.3. The van der Waals surface area contributed by atoms with Crippen molar-refractivity contribution in [1.29, 1.82) is 0 Å². The van der Waals surface area contributed by atoms with Crippen molar-refractivity contribution in [1.82, 2.24) is 5.43 Å². The summed E-state index contributed by atoms with van der Waals surface area (Å²) in [6, 6.07) is 11.7. The molecule has 3 N–H and O–H groups in total. The molecule has 0 aliphatic carbocycles. The number of amides is 1. The molecule has 0 saturated carbocycles. The Morgan fingerprint density at radius 1 is 1.33 bits per heavy atom. The predicted molar refractivity (Wildman–Crippen MR) is 101 cm³/mol. The summed E-state index contributed by atoms with van der Waals surface area (Å²) in [6.45, 7) is 1.91. The normalized spacial score (nSPS) is 12.1. The van der Waals surface area contributed by atoms with Gasteiger partial charge in [0.05, 0.1) is 6.21 Å². The molecule has 1 amide bonds. The topological polar surface area (TPSA) is 73.7 Å². The first-order chi connectivity index (χ1) is 11.5. The highest BCUT2D eigenvalue weighted by Crippen LogP contribution is 2.19. The number of halogens is 2. The van der Waals surface area contributed by atoms with Crippen LogP contribution in [0.2, 0.25) is 5.02 Å². The molecule has 1 atom stereocenters. The molecule has 7 heteroatoms. The van der Waals surface area contributed by atoms with E-state index in [0.29, 0.717) is 17.0 Å².